The smallest absolute Gasteiger partial charge is 0.265 e. The van der Waals surface area contributed by atoms with Crippen LogP contribution in [0.4, 0.5) is 0 Å². The topological polar surface area (TPSA) is 57.2 Å². The summed E-state index contributed by atoms with van der Waals surface area (Å²) in [4.78, 5) is 14.2. The van der Waals surface area contributed by atoms with Gasteiger partial charge in [-0.1, -0.05) is 35.6 Å². The first-order chi connectivity index (χ1) is 14.4. The van der Waals surface area contributed by atoms with Crippen molar-refractivity contribution in [3.05, 3.63) is 51.9 Å². The first-order valence-electron chi connectivity index (χ1n) is 8.91. The molecular weight excluding hydrogens is 446 g/mol. The van der Waals surface area contributed by atoms with Crippen LogP contribution in [0.1, 0.15) is 5.56 Å². The summed E-state index contributed by atoms with van der Waals surface area (Å²) in [7, 11) is 4.79. The van der Waals surface area contributed by atoms with Crippen molar-refractivity contribution in [3.63, 3.8) is 0 Å². The fourth-order valence-electron chi connectivity index (χ4n) is 2.64. The molecule has 1 aliphatic rings. The van der Waals surface area contributed by atoms with E-state index in [0.717, 1.165) is 5.75 Å². The molecule has 3 rings (SSSR count). The van der Waals surface area contributed by atoms with Crippen molar-refractivity contribution in [2.45, 2.75) is 0 Å². The van der Waals surface area contributed by atoms with E-state index < -0.39 is 0 Å². The van der Waals surface area contributed by atoms with Crippen molar-refractivity contribution in [2.75, 3.05) is 34.5 Å². The predicted molar refractivity (Wildman–Crippen MR) is 123 cm³/mol. The summed E-state index contributed by atoms with van der Waals surface area (Å²) >= 11 is 12.8. The van der Waals surface area contributed by atoms with E-state index in [1.165, 1.54) is 23.8 Å². The molecule has 0 bridgehead atoms. The standard InChI is InChI=1S/C21H20ClNO5S2/c1-23-20(24)18(30-21(23)29)12-13-10-16(22)19(17(11-13)26-3)28-9-8-27-15-6-4-14(25-2)5-7-15/h4-7,10-12H,8-9H2,1-3H3. The fourth-order valence-corrected chi connectivity index (χ4v) is 4.09. The molecule has 1 heterocycles. The molecule has 0 unspecified atom stereocenters. The molecule has 1 amide bonds. The molecule has 9 heteroatoms. The van der Waals surface area contributed by atoms with Gasteiger partial charge in [0, 0.05) is 7.05 Å². The summed E-state index contributed by atoms with van der Waals surface area (Å²) in [5, 5.41) is 0.372. The minimum Gasteiger partial charge on any atom is -0.497 e. The highest BCUT2D eigenvalue weighted by Gasteiger charge is 2.28. The van der Waals surface area contributed by atoms with Gasteiger partial charge in [-0.05, 0) is 48.0 Å². The second-order valence-corrected chi connectivity index (χ2v) is 8.23. The van der Waals surface area contributed by atoms with Crippen molar-refractivity contribution in [3.8, 4) is 23.0 Å². The van der Waals surface area contributed by atoms with Crippen LogP contribution in [0.5, 0.6) is 23.0 Å². The second-order valence-electron chi connectivity index (χ2n) is 6.15. The van der Waals surface area contributed by atoms with Crippen LogP contribution < -0.4 is 18.9 Å². The number of hydrogen-bond acceptors (Lipinski definition) is 7. The minimum absolute atomic E-state index is 0.143. The van der Waals surface area contributed by atoms with Crippen LogP contribution in [-0.2, 0) is 4.79 Å². The molecule has 0 saturated carbocycles. The molecule has 158 valence electrons. The van der Waals surface area contributed by atoms with Gasteiger partial charge in [-0.2, -0.15) is 0 Å². The molecule has 1 saturated heterocycles. The lowest BCUT2D eigenvalue weighted by Crippen LogP contribution is -2.22. The zero-order valence-electron chi connectivity index (χ0n) is 16.6. The van der Waals surface area contributed by atoms with Gasteiger partial charge in [0.15, 0.2) is 11.5 Å². The van der Waals surface area contributed by atoms with Crippen molar-refractivity contribution < 1.29 is 23.7 Å². The second kappa shape index (κ2) is 10.1. The molecule has 0 aromatic heterocycles. The summed E-state index contributed by atoms with van der Waals surface area (Å²) < 4.78 is 22.5. The average Bonchev–Trinajstić information content (AvgIpc) is 2.98. The Morgan fingerprint density at radius 1 is 1.07 bits per heavy atom. The number of thiocarbonyl (C=S) groups is 1. The Morgan fingerprint density at radius 3 is 2.33 bits per heavy atom. The number of benzene rings is 2. The molecule has 6 nitrogen and oxygen atoms in total. The van der Waals surface area contributed by atoms with Crippen LogP contribution in [0.3, 0.4) is 0 Å². The van der Waals surface area contributed by atoms with E-state index in [1.807, 2.05) is 24.3 Å². The maximum Gasteiger partial charge on any atom is 0.265 e. The van der Waals surface area contributed by atoms with Gasteiger partial charge in [-0.15, -0.1) is 0 Å². The lowest BCUT2D eigenvalue weighted by molar-refractivity contribution is -0.121. The van der Waals surface area contributed by atoms with Crippen molar-refractivity contribution in [1.82, 2.24) is 4.90 Å². The molecule has 0 atom stereocenters. The quantitative estimate of drug-likeness (QED) is 0.319. The van der Waals surface area contributed by atoms with Gasteiger partial charge in [-0.3, -0.25) is 9.69 Å². The van der Waals surface area contributed by atoms with Crippen LogP contribution in [-0.4, -0.2) is 49.6 Å². The molecular formula is C21H20ClNO5S2. The van der Waals surface area contributed by atoms with E-state index >= 15 is 0 Å². The van der Waals surface area contributed by atoms with Gasteiger partial charge >= 0.3 is 0 Å². The van der Waals surface area contributed by atoms with Crippen LogP contribution in [0.2, 0.25) is 5.02 Å². The summed E-state index contributed by atoms with van der Waals surface area (Å²) in [6.45, 7) is 0.600. The van der Waals surface area contributed by atoms with Crippen molar-refractivity contribution in [2.24, 2.45) is 0 Å². The molecule has 0 aliphatic carbocycles. The van der Waals surface area contributed by atoms with Gasteiger partial charge in [0.05, 0.1) is 24.1 Å². The minimum atomic E-state index is -0.143. The van der Waals surface area contributed by atoms with Gasteiger partial charge in [-0.25, -0.2) is 0 Å². The average molecular weight is 466 g/mol. The third-order valence-corrected chi connectivity index (χ3v) is 5.96. The Labute approximate surface area is 189 Å². The highest BCUT2D eigenvalue weighted by atomic mass is 35.5. The van der Waals surface area contributed by atoms with Crippen LogP contribution in [0, 0.1) is 0 Å². The number of amides is 1. The third kappa shape index (κ3) is 5.19. The number of methoxy groups -OCH3 is 2. The number of rotatable bonds is 8. The monoisotopic (exact) mass is 465 g/mol. The Hall–Kier alpha value is -2.42. The Morgan fingerprint density at radius 2 is 1.73 bits per heavy atom. The van der Waals surface area contributed by atoms with Crippen molar-refractivity contribution >= 4 is 51.9 Å². The van der Waals surface area contributed by atoms with Crippen molar-refractivity contribution in [1.29, 1.82) is 0 Å². The van der Waals surface area contributed by atoms with Crippen LogP contribution in [0.15, 0.2) is 41.3 Å². The summed E-state index contributed by atoms with van der Waals surface area (Å²) in [5.41, 5.74) is 0.715. The number of likely N-dealkylation sites (N-methyl/N-ethyl adjacent to an activating group) is 1. The lowest BCUT2D eigenvalue weighted by Gasteiger charge is -2.14. The number of thioether (sulfide) groups is 1. The van der Waals surface area contributed by atoms with Crippen LogP contribution >= 0.6 is 35.6 Å². The predicted octanol–water partition coefficient (Wildman–Crippen LogP) is 4.65. The Balaban J connectivity index is 1.65. The zero-order valence-corrected chi connectivity index (χ0v) is 19.0. The fraction of sp³-hybridized carbons (Fsp3) is 0.238. The first kappa shape index (κ1) is 22.3. The number of nitrogens with zero attached hydrogens (tertiary/aromatic N) is 1. The molecule has 1 fully saturated rings. The lowest BCUT2D eigenvalue weighted by atomic mass is 10.2. The first-order valence-corrected chi connectivity index (χ1v) is 10.5. The molecule has 30 heavy (non-hydrogen) atoms. The molecule has 1 aliphatic heterocycles. The highest BCUT2D eigenvalue weighted by molar-refractivity contribution is 8.26. The summed E-state index contributed by atoms with van der Waals surface area (Å²) in [6.07, 6.45) is 1.73. The highest BCUT2D eigenvalue weighted by Crippen LogP contribution is 2.38. The zero-order chi connectivity index (χ0) is 21.7. The van der Waals surface area contributed by atoms with Gasteiger partial charge in [0.25, 0.3) is 5.91 Å². The summed E-state index contributed by atoms with van der Waals surface area (Å²) in [6, 6.07) is 10.8. The number of halogens is 1. The number of hydrogen-bond donors (Lipinski definition) is 0. The maximum atomic E-state index is 12.2. The van der Waals surface area contributed by atoms with E-state index in [2.05, 4.69) is 0 Å². The SMILES string of the molecule is COc1ccc(OCCOc2c(Cl)cc(C=C3SC(=S)N(C)C3=O)cc2OC)cc1. The number of carbonyl (C=O) groups is 1. The molecule has 0 radical (unpaired) electrons. The van der Waals surface area contributed by atoms with E-state index in [1.54, 1.807) is 32.4 Å². The Kier molecular flexibility index (Phi) is 7.47. The molecule has 0 N–H and O–H groups in total. The number of ether oxygens (including phenoxy) is 4. The van der Waals surface area contributed by atoms with E-state index in [0.29, 0.717) is 43.7 Å². The molecule has 2 aromatic rings. The van der Waals surface area contributed by atoms with Crippen LogP contribution in [0.25, 0.3) is 6.08 Å². The third-order valence-electron chi connectivity index (χ3n) is 4.19. The van der Waals surface area contributed by atoms with Gasteiger partial charge in [0.1, 0.15) is 29.0 Å². The van der Waals surface area contributed by atoms with Gasteiger partial charge in [0.2, 0.25) is 0 Å². The largest absolute Gasteiger partial charge is 0.497 e. The normalized spacial score (nSPS) is 14.9. The van der Waals surface area contributed by atoms with E-state index in [4.69, 9.17) is 42.8 Å². The number of carbonyl (C=O) groups excluding carboxylic acids is 1. The van der Waals surface area contributed by atoms with Gasteiger partial charge < -0.3 is 18.9 Å². The summed E-state index contributed by atoms with van der Waals surface area (Å²) in [5.74, 6) is 2.20. The van der Waals surface area contributed by atoms with E-state index in [9.17, 15) is 4.79 Å². The van der Waals surface area contributed by atoms with E-state index in [-0.39, 0.29) is 12.5 Å². The molecule has 0 spiro atoms. The Bertz CT molecular complexity index is 978. The maximum absolute atomic E-state index is 12.2. The molecule has 2 aromatic carbocycles.